The third-order valence-corrected chi connectivity index (χ3v) is 4.75. The lowest BCUT2D eigenvalue weighted by atomic mass is 10.1. The van der Waals surface area contributed by atoms with Gasteiger partial charge in [0.05, 0.1) is 20.3 Å². The zero-order valence-electron chi connectivity index (χ0n) is 18.5. The number of likely N-dealkylation sites (N-methyl/N-ethyl adjacent to an activating group) is 1. The second-order valence-corrected chi connectivity index (χ2v) is 7.01. The maximum absolute atomic E-state index is 13.5. The van der Waals surface area contributed by atoms with E-state index in [2.05, 4.69) is 15.2 Å². The number of hydrogen-bond donors (Lipinski definition) is 1. The molecule has 1 N–H and O–H groups in total. The van der Waals surface area contributed by atoms with Gasteiger partial charge in [0.2, 0.25) is 0 Å². The molecule has 0 aliphatic heterocycles. The summed E-state index contributed by atoms with van der Waals surface area (Å²) in [6.45, 7) is 1.20. The Hall–Kier alpha value is -2.07. The third kappa shape index (κ3) is 7.02. The largest absolute Gasteiger partial charge is 0.493 e. The first-order valence-corrected chi connectivity index (χ1v) is 9.44. The highest BCUT2D eigenvalue weighted by Crippen LogP contribution is 2.31. The molecule has 1 atom stereocenters. The van der Waals surface area contributed by atoms with Crippen LogP contribution in [0.1, 0.15) is 17.2 Å². The van der Waals surface area contributed by atoms with Crippen LogP contribution >= 0.6 is 24.0 Å². The molecule has 2 aromatic carbocycles. The highest BCUT2D eigenvalue weighted by molar-refractivity contribution is 14.0. The molecule has 0 heterocycles. The highest BCUT2D eigenvalue weighted by Gasteiger charge is 2.18. The van der Waals surface area contributed by atoms with Crippen LogP contribution in [0.3, 0.4) is 0 Å². The summed E-state index contributed by atoms with van der Waals surface area (Å²) in [6, 6.07) is 12.6. The van der Waals surface area contributed by atoms with Gasteiger partial charge < -0.3 is 24.6 Å². The highest BCUT2D eigenvalue weighted by atomic mass is 127. The van der Waals surface area contributed by atoms with Crippen LogP contribution in [-0.2, 0) is 6.54 Å². The molecule has 0 saturated heterocycles. The van der Waals surface area contributed by atoms with Gasteiger partial charge in [-0.3, -0.25) is 4.99 Å². The number of rotatable bonds is 8. The van der Waals surface area contributed by atoms with E-state index in [4.69, 9.17) is 9.47 Å². The summed E-state index contributed by atoms with van der Waals surface area (Å²) >= 11 is 0. The van der Waals surface area contributed by atoms with Gasteiger partial charge in [0.15, 0.2) is 17.5 Å². The first kappa shape index (κ1) is 26.0. The van der Waals surface area contributed by atoms with E-state index in [-0.39, 0.29) is 35.8 Å². The van der Waals surface area contributed by atoms with E-state index in [1.165, 1.54) is 12.1 Å². The van der Waals surface area contributed by atoms with Crippen molar-refractivity contribution < 1.29 is 13.9 Å². The number of aliphatic imine (C=N–C) groups is 1. The van der Waals surface area contributed by atoms with Crippen LogP contribution in [0.15, 0.2) is 47.5 Å². The zero-order chi connectivity index (χ0) is 21.4. The Bertz CT molecular complexity index is 833. The Morgan fingerprint density at radius 1 is 1.07 bits per heavy atom. The van der Waals surface area contributed by atoms with Gasteiger partial charge in [-0.1, -0.05) is 18.2 Å². The van der Waals surface area contributed by atoms with Crippen LogP contribution in [0.5, 0.6) is 11.5 Å². The van der Waals surface area contributed by atoms with Crippen molar-refractivity contribution in [3.8, 4) is 11.5 Å². The molecule has 0 fully saturated rings. The van der Waals surface area contributed by atoms with Gasteiger partial charge in [-0.25, -0.2) is 4.39 Å². The fourth-order valence-corrected chi connectivity index (χ4v) is 3.22. The average molecular weight is 530 g/mol. The van der Waals surface area contributed by atoms with E-state index in [9.17, 15) is 4.39 Å². The summed E-state index contributed by atoms with van der Waals surface area (Å²) in [5.74, 6) is 1.90. The average Bonchev–Trinajstić information content (AvgIpc) is 2.70. The molecule has 166 valence electrons. The van der Waals surface area contributed by atoms with Crippen LogP contribution in [0.4, 0.5) is 4.39 Å². The summed E-state index contributed by atoms with van der Waals surface area (Å²) in [4.78, 5) is 8.47. The van der Waals surface area contributed by atoms with Gasteiger partial charge in [-0.15, -0.1) is 24.0 Å². The minimum Gasteiger partial charge on any atom is -0.493 e. The molecule has 0 aromatic heterocycles. The fraction of sp³-hybridized carbons (Fsp3) is 0.409. The van der Waals surface area contributed by atoms with E-state index in [0.29, 0.717) is 24.6 Å². The molecule has 0 saturated carbocycles. The molecular weight excluding hydrogens is 498 g/mol. The smallest absolute Gasteiger partial charge is 0.193 e. The number of guanidine groups is 1. The molecule has 6 nitrogen and oxygen atoms in total. The summed E-state index contributed by atoms with van der Waals surface area (Å²) in [5, 5.41) is 3.42. The maximum Gasteiger partial charge on any atom is 0.193 e. The summed E-state index contributed by atoms with van der Waals surface area (Å²) in [6.07, 6.45) is 0. The Morgan fingerprint density at radius 3 is 2.33 bits per heavy atom. The fourth-order valence-electron chi connectivity index (χ4n) is 3.22. The lowest BCUT2D eigenvalue weighted by molar-refractivity contribution is 0.293. The predicted octanol–water partition coefficient (Wildman–Crippen LogP) is 3.77. The van der Waals surface area contributed by atoms with Crippen LogP contribution in [-0.4, -0.2) is 64.7 Å². The molecule has 30 heavy (non-hydrogen) atoms. The molecular formula is C22H32FIN4O2. The standard InChI is InChI=1S/C22H31FN4O2.HI/c1-24-22(27(4)15-16-8-7-9-18(23)12-16)25-14-19(26(2)3)17-10-11-20(28-5)21(13-17)29-6;/h7-13,19H,14-15H2,1-6H3,(H,24,25);1H. The monoisotopic (exact) mass is 530 g/mol. The van der Waals surface area contributed by atoms with E-state index < -0.39 is 0 Å². The first-order chi connectivity index (χ1) is 13.9. The number of benzene rings is 2. The second kappa shape index (κ2) is 12.6. The Kier molecular flexibility index (Phi) is 10.9. The second-order valence-electron chi connectivity index (χ2n) is 7.01. The van der Waals surface area contributed by atoms with Gasteiger partial charge in [-0.05, 0) is 49.5 Å². The van der Waals surface area contributed by atoms with Crippen molar-refractivity contribution in [3.05, 3.63) is 59.4 Å². The zero-order valence-corrected chi connectivity index (χ0v) is 20.8. The van der Waals surface area contributed by atoms with Gasteiger partial charge in [0.25, 0.3) is 0 Å². The minimum atomic E-state index is -0.236. The number of nitrogens with one attached hydrogen (secondary N) is 1. The summed E-state index contributed by atoms with van der Waals surface area (Å²) in [7, 11) is 11.0. The van der Waals surface area contributed by atoms with E-state index in [0.717, 1.165) is 17.1 Å². The Balaban J connectivity index is 0.00000450. The third-order valence-electron chi connectivity index (χ3n) is 4.75. The topological polar surface area (TPSA) is 49.3 Å². The van der Waals surface area contributed by atoms with Gasteiger partial charge in [0.1, 0.15) is 5.82 Å². The van der Waals surface area contributed by atoms with Crippen molar-refractivity contribution in [1.82, 2.24) is 15.1 Å². The van der Waals surface area contributed by atoms with Crippen molar-refractivity contribution in [1.29, 1.82) is 0 Å². The molecule has 0 aliphatic rings. The number of ether oxygens (including phenoxy) is 2. The van der Waals surface area contributed by atoms with Crippen molar-refractivity contribution in [3.63, 3.8) is 0 Å². The number of nitrogens with zero attached hydrogens (tertiary/aromatic N) is 3. The van der Waals surface area contributed by atoms with Crippen LogP contribution in [0.2, 0.25) is 0 Å². The van der Waals surface area contributed by atoms with Crippen LogP contribution < -0.4 is 14.8 Å². The van der Waals surface area contributed by atoms with Crippen LogP contribution in [0.25, 0.3) is 0 Å². The van der Waals surface area contributed by atoms with E-state index >= 15 is 0 Å². The van der Waals surface area contributed by atoms with Crippen molar-refractivity contribution in [2.24, 2.45) is 4.99 Å². The first-order valence-electron chi connectivity index (χ1n) is 9.44. The molecule has 2 rings (SSSR count). The van der Waals surface area contributed by atoms with E-state index in [1.54, 1.807) is 27.3 Å². The quantitative estimate of drug-likeness (QED) is 0.320. The van der Waals surface area contributed by atoms with Crippen LogP contribution in [0, 0.1) is 5.82 Å². The molecule has 0 bridgehead atoms. The lowest BCUT2D eigenvalue weighted by Crippen LogP contribution is -2.42. The summed E-state index contributed by atoms with van der Waals surface area (Å²) < 4.78 is 24.2. The molecule has 0 aliphatic carbocycles. The van der Waals surface area contributed by atoms with Gasteiger partial charge in [0, 0.05) is 27.2 Å². The van der Waals surface area contributed by atoms with Crippen molar-refractivity contribution in [2.45, 2.75) is 12.6 Å². The number of halogens is 2. The van der Waals surface area contributed by atoms with Gasteiger partial charge in [-0.2, -0.15) is 0 Å². The minimum absolute atomic E-state index is 0. The predicted molar refractivity (Wildman–Crippen MR) is 131 cm³/mol. The molecule has 2 aromatic rings. The Labute approximate surface area is 196 Å². The number of methoxy groups -OCH3 is 2. The number of hydrogen-bond acceptors (Lipinski definition) is 4. The lowest BCUT2D eigenvalue weighted by Gasteiger charge is -2.29. The van der Waals surface area contributed by atoms with Crippen molar-refractivity contribution >= 4 is 29.9 Å². The molecule has 0 amide bonds. The molecule has 0 spiro atoms. The normalized spacial score (nSPS) is 12.2. The molecule has 8 heteroatoms. The SMILES string of the molecule is CN=C(NCC(c1ccc(OC)c(OC)c1)N(C)C)N(C)Cc1cccc(F)c1.I. The van der Waals surface area contributed by atoms with Gasteiger partial charge >= 0.3 is 0 Å². The Morgan fingerprint density at radius 2 is 1.77 bits per heavy atom. The molecule has 1 unspecified atom stereocenters. The van der Waals surface area contributed by atoms with Crippen molar-refractivity contribution in [2.75, 3.05) is 49.0 Å². The van der Waals surface area contributed by atoms with E-state index in [1.807, 2.05) is 50.3 Å². The molecule has 0 radical (unpaired) electrons. The maximum atomic E-state index is 13.5. The summed E-state index contributed by atoms with van der Waals surface area (Å²) in [5.41, 5.74) is 1.99.